The number of aliphatic hydroxyl groups excluding tert-OH is 1. The second-order valence-corrected chi connectivity index (χ2v) is 4.94. The molecule has 4 saturated carbocycles. The number of rotatable bonds is 0. The van der Waals surface area contributed by atoms with Gasteiger partial charge in [-0.2, -0.15) is 0 Å². The van der Waals surface area contributed by atoms with Crippen molar-refractivity contribution in [1.29, 1.82) is 0 Å². The van der Waals surface area contributed by atoms with E-state index in [1.807, 2.05) is 0 Å². The molecule has 0 unspecified atom stereocenters. The molecule has 4 aliphatic carbocycles. The second kappa shape index (κ2) is 2.14. The lowest BCUT2D eigenvalue weighted by Gasteiger charge is -2.53. The molecule has 4 rings (SSSR count). The summed E-state index contributed by atoms with van der Waals surface area (Å²) in [6.07, 6.45) is 5.09. The highest BCUT2D eigenvalue weighted by atomic mass is 16.3. The normalized spacial score (nSPS) is 56.4. The largest absolute Gasteiger partial charge is 0.392 e. The average molecular weight is 164 g/mol. The predicted octanol–water partition coefficient (Wildman–Crippen LogP) is 1.97. The topological polar surface area (TPSA) is 20.2 Å². The molecule has 0 aromatic rings. The van der Waals surface area contributed by atoms with Crippen molar-refractivity contribution >= 4 is 0 Å². The molecule has 0 radical (unpaired) electrons. The van der Waals surface area contributed by atoms with Crippen LogP contribution in [-0.2, 0) is 0 Å². The van der Waals surface area contributed by atoms with Gasteiger partial charge in [-0.1, -0.05) is 12.2 Å². The van der Waals surface area contributed by atoms with E-state index in [2.05, 4.69) is 6.58 Å². The molecule has 0 spiro atoms. The molecular weight excluding hydrogens is 148 g/mol. The number of hydrogen-bond acceptors (Lipinski definition) is 1. The van der Waals surface area contributed by atoms with Crippen LogP contribution in [0.4, 0.5) is 0 Å². The van der Waals surface area contributed by atoms with Crippen LogP contribution in [0.3, 0.4) is 0 Å². The highest BCUT2D eigenvalue weighted by Gasteiger charge is 2.49. The summed E-state index contributed by atoms with van der Waals surface area (Å²) in [5.74, 6) is 2.79. The Morgan fingerprint density at radius 1 is 1.17 bits per heavy atom. The van der Waals surface area contributed by atoms with Crippen LogP contribution in [0.5, 0.6) is 0 Å². The van der Waals surface area contributed by atoms with Crippen LogP contribution >= 0.6 is 0 Å². The Kier molecular flexibility index (Phi) is 1.27. The summed E-state index contributed by atoms with van der Waals surface area (Å²) in [4.78, 5) is 0. The third-order valence-corrected chi connectivity index (χ3v) is 4.32. The molecule has 66 valence electrons. The summed E-state index contributed by atoms with van der Waals surface area (Å²) in [5, 5.41) is 9.94. The molecule has 12 heavy (non-hydrogen) atoms. The fraction of sp³-hybridized carbons (Fsp3) is 0.818. The Bertz CT molecular complexity index is 233. The van der Waals surface area contributed by atoms with Gasteiger partial charge in [0.25, 0.3) is 0 Å². The van der Waals surface area contributed by atoms with E-state index in [-0.39, 0.29) is 6.10 Å². The molecule has 4 fully saturated rings. The van der Waals surface area contributed by atoms with Crippen molar-refractivity contribution in [3.8, 4) is 0 Å². The van der Waals surface area contributed by atoms with E-state index in [1.54, 1.807) is 0 Å². The van der Waals surface area contributed by atoms with Gasteiger partial charge in [-0.25, -0.2) is 0 Å². The third kappa shape index (κ3) is 0.731. The van der Waals surface area contributed by atoms with Crippen molar-refractivity contribution in [1.82, 2.24) is 0 Å². The zero-order valence-electron chi connectivity index (χ0n) is 7.37. The molecule has 1 heteroatoms. The fourth-order valence-corrected chi connectivity index (χ4v) is 3.76. The van der Waals surface area contributed by atoms with Gasteiger partial charge in [0, 0.05) is 5.92 Å². The van der Waals surface area contributed by atoms with E-state index < -0.39 is 0 Å². The quantitative estimate of drug-likeness (QED) is 0.543. The minimum absolute atomic E-state index is 0.0368. The zero-order chi connectivity index (χ0) is 8.29. The van der Waals surface area contributed by atoms with Crippen LogP contribution in [0.25, 0.3) is 0 Å². The van der Waals surface area contributed by atoms with Gasteiger partial charge in [-0.15, -0.1) is 0 Å². The maximum absolute atomic E-state index is 9.94. The van der Waals surface area contributed by atoms with E-state index in [1.165, 1.54) is 31.3 Å². The van der Waals surface area contributed by atoms with Gasteiger partial charge in [0.15, 0.2) is 0 Å². The van der Waals surface area contributed by atoms with Gasteiger partial charge in [0.2, 0.25) is 0 Å². The molecule has 0 aliphatic heterocycles. The first kappa shape index (κ1) is 7.14. The Balaban J connectivity index is 1.98. The molecule has 4 aliphatic rings. The molecule has 0 amide bonds. The van der Waals surface area contributed by atoms with E-state index in [4.69, 9.17) is 0 Å². The minimum Gasteiger partial charge on any atom is -0.392 e. The Hall–Kier alpha value is -0.300. The molecule has 0 aromatic carbocycles. The molecule has 0 aromatic heterocycles. The van der Waals surface area contributed by atoms with Crippen LogP contribution in [-0.4, -0.2) is 11.2 Å². The summed E-state index contributed by atoms with van der Waals surface area (Å²) in [7, 11) is 0. The third-order valence-electron chi connectivity index (χ3n) is 4.32. The molecule has 0 saturated heterocycles. The first-order chi connectivity index (χ1) is 5.75. The maximum atomic E-state index is 9.94. The zero-order valence-corrected chi connectivity index (χ0v) is 7.37. The lowest BCUT2D eigenvalue weighted by atomic mass is 9.53. The van der Waals surface area contributed by atoms with Crippen molar-refractivity contribution < 1.29 is 5.11 Å². The smallest absolute Gasteiger partial charge is 0.0634 e. The van der Waals surface area contributed by atoms with E-state index in [0.29, 0.717) is 11.8 Å². The molecule has 1 nitrogen and oxygen atoms in total. The highest BCUT2D eigenvalue weighted by Crippen LogP contribution is 2.55. The standard InChI is InChI=1S/C11H16O/c1-6-8-2-7-3-9(5-8)11(12)10(6)4-7/h7-12H,1-5H2/t7-,8+,9-,10+,11-/m0/s1. The second-order valence-electron chi connectivity index (χ2n) is 4.94. The van der Waals surface area contributed by atoms with Crippen LogP contribution in [0.1, 0.15) is 25.7 Å². The van der Waals surface area contributed by atoms with Crippen molar-refractivity contribution in [2.24, 2.45) is 23.7 Å². The van der Waals surface area contributed by atoms with Crippen LogP contribution in [0.2, 0.25) is 0 Å². The number of aliphatic hydroxyl groups is 1. The summed E-state index contributed by atoms with van der Waals surface area (Å²) in [6, 6.07) is 0. The van der Waals surface area contributed by atoms with Crippen molar-refractivity contribution in [2.75, 3.05) is 0 Å². The minimum atomic E-state index is -0.0368. The van der Waals surface area contributed by atoms with Gasteiger partial charge in [0.1, 0.15) is 0 Å². The lowest BCUT2D eigenvalue weighted by Crippen LogP contribution is -2.49. The predicted molar refractivity (Wildman–Crippen MR) is 47.6 cm³/mol. The summed E-state index contributed by atoms with van der Waals surface area (Å²) < 4.78 is 0. The average Bonchev–Trinajstić information content (AvgIpc) is 2.07. The SMILES string of the molecule is C=C1[C@@H]2C[C@H]3C[C@@H](C2)[C@H](O)[C@@H]1C3. The van der Waals surface area contributed by atoms with Crippen LogP contribution < -0.4 is 0 Å². The Labute approximate surface area is 73.5 Å². The molecule has 5 atom stereocenters. The lowest BCUT2D eigenvalue weighted by molar-refractivity contribution is -0.0576. The van der Waals surface area contributed by atoms with Gasteiger partial charge >= 0.3 is 0 Å². The maximum Gasteiger partial charge on any atom is 0.0634 e. The van der Waals surface area contributed by atoms with E-state index >= 15 is 0 Å². The fourth-order valence-electron chi connectivity index (χ4n) is 3.76. The summed E-state index contributed by atoms with van der Waals surface area (Å²) >= 11 is 0. The van der Waals surface area contributed by atoms with E-state index in [0.717, 1.165) is 11.8 Å². The summed E-state index contributed by atoms with van der Waals surface area (Å²) in [6.45, 7) is 4.14. The first-order valence-electron chi connectivity index (χ1n) is 5.12. The first-order valence-corrected chi connectivity index (χ1v) is 5.12. The van der Waals surface area contributed by atoms with Gasteiger partial charge < -0.3 is 5.11 Å². The monoisotopic (exact) mass is 164 g/mol. The van der Waals surface area contributed by atoms with Crippen LogP contribution in [0, 0.1) is 23.7 Å². The number of hydrogen-bond donors (Lipinski definition) is 1. The molecular formula is C11H16O. The molecule has 1 N–H and O–H groups in total. The Morgan fingerprint density at radius 2 is 2.00 bits per heavy atom. The molecule has 4 bridgehead atoms. The van der Waals surface area contributed by atoms with Gasteiger partial charge in [-0.05, 0) is 43.4 Å². The molecule has 0 heterocycles. The Morgan fingerprint density at radius 3 is 2.83 bits per heavy atom. The van der Waals surface area contributed by atoms with Gasteiger partial charge in [-0.3, -0.25) is 0 Å². The van der Waals surface area contributed by atoms with Crippen molar-refractivity contribution in [3.63, 3.8) is 0 Å². The van der Waals surface area contributed by atoms with Crippen molar-refractivity contribution in [3.05, 3.63) is 12.2 Å². The van der Waals surface area contributed by atoms with Crippen LogP contribution in [0.15, 0.2) is 12.2 Å². The highest BCUT2D eigenvalue weighted by molar-refractivity contribution is 5.19. The van der Waals surface area contributed by atoms with Gasteiger partial charge in [0.05, 0.1) is 6.10 Å². The summed E-state index contributed by atoms with van der Waals surface area (Å²) in [5.41, 5.74) is 1.37. The van der Waals surface area contributed by atoms with E-state index in [9.17, 15) is 5.11 Å². The van der Waals surface area contributed by atoms with Crippen molar-refractivity contribution in [2.45, 2.75) is 31.8 Å².